The molecular formula is C24H28Cl2N2O4. The third-order valence-corrected chi connectivity index (χ3v) is 6.73. The van der Waals surface area contributed by atoms with Gasteiger partial charge in [0.2, 0.25) is 5.91 Å². The van der Waals surface area contributed by atoms with Gasteiger partial charge in [0.15, 0.2) is 0 Å². The van der Waals surface area contributed by atoms with E-state index in [9.17, 15) is 19.8 Å². The van der Waals surface area contributed by atoms with Gasteiger partial charge in [0.05, 0.1) is 11.7 Å². The lowest BCUT2D eigenvalue weighted by atomic mass is 9.66. The van der Waals surface area contributed by atoms with Crippen LogP contribution in [0.25, 0.3) is 0 Å². The number of amides is 2. The SMILES string of the molecule is CC(O)[C@@H](NC(=O)c1ccc(Cl)cc1)C(=O)N1CC[C@](O)(c2ccc(Cl)cc2)C(C)(C)C1. The summed E-state index contributed by atoms with van der Waals surface area (Å²) < 4.78 is 0. The molecule has 2 aromatic rings. The van der Waals surface area contributed by atoms with E-state index in [0.29, 0.717) is 22.0 Å². The highest BCUT2D eigenvalue weighted by Crippen LogP contribution is 2.46. The van der Waals surface area contributed by atoms with Crippen LogP contribution in [0.4, 0.5) is 0 Å². The average molecular weight is 479 g/mol. The molecule has 0 radical (unpaired) electrons. The number of carbonyl (C=O) groups is 2. The number of nitrogens with one attached hydrogen (secondary N) is 1. The largest absolute Gasteiger partial charge is 0.391 e. The number of piperidine rings is 1. The minimum absolute atomic E-state index is 0.255. The smallest absolute Gasteiger partial charge is 0.252 e. The predicted octanol–water partition coefficient (Wildman–Crippen LogP) is 3.62. The number of hydrogen-bond donors (Lipinski definition) is 3. The van der Waals surface area contributed by atoms with Crippen molar-refractivity contribution in [1.29, 1.82) is 0 Å². The molecule has 1 fully saturated rings. The first-order valence-electron chi connectivity index (χ1n) is 10.5. The predicted molar refractivity (Wildman–Crippen MR) is 125 cm³/mol. The van der Waals surface area contributed by atoms with Crippen molar-refractivity contribution in [2.24, 2.45) is 5.41 Å². The Balaban J connectivity index is 1.76. The lowest BCUT2D eigenvalue weighted by Crippen LogP contribution is -2.61. The summed E-state index contributed by atoms with van der Waals surface area (Å²) in [5.74, 6) is -0.872. The zero-order valence-corrected chi connectivity index (χ0v) is 19.8. The van der Waals surface area contributed by atoms with Crippen molar-refractivity contribution in [3.63, 3.8) is 0 Å². The molecule has 0 aliphatic carbocycles. The van der Waals surface area contributed by atoms with Gasteiger partial charge in [-0.05, 0) is 55.3 Å². The number of carbonyl (C=O) groups excluding carboxylic acids is 2. The zero-order chi connectivity index (χ0) is 23.7. The quantitative estimate of drug-likeness (QED) is 0.611. The van der Waals surface area contributed by atoms with Gasteiger partial charge in [0.25, 0.3) is 5.91 Å². The summed E-state index contributed by atoms with van der Waals surface area (Å²) in [5, 5.41) is 25.5. The van der Waals surface area contributed by atoms with Gasteiger partial charge in [-0.1, -0.05) is 49.2 Å². The first-order valence-corrected chi connectivity index (χ1v) is 11.2. The van der Waals surface area contributed by atoms with Crippen LogP contribution in [0.1, 0.15) is 43.1 Å². The molecule has 8 heteroatoms. The molecule has 6 nitrogen and oxygen atoms in total. The van der Waals surface area contributed by atoms with E-state index in [2.05, 4.69) is 5.32 Å². The molecule has 0 aromatic heterocycles. The second kappa shape index (κ2) is 9.40. The van der Waals surface area contributed by atoms with Gasteiger partial charge < -0.3 is 20.4 Å². The number of halogens is 2. The van der Waals surface area contributed by atoms with Crippen LogP contribution in [0.3, 0.4) is 0 Å². The van der Waals surface area contributed by atoms with Gasteiger partial charge in [0, 0.05) is 34.1 Å². The minimum atomic E-state index is -1.15. The molecule has 2 aromatic carbocycles. The molecule has 1 aliphatic heterocycles. The lowest BCUT2D eigenvalue weighted by Gasteiger charge is -2.51. The Labute approximate surface area is 198 Å². The van der Waals surface area contributed by atoms with E-state index in [0.717, 1.165) is 5.56 Å². The van der Waals surface area contributed by atoms with Gasteiger partial charge in [0.1, 0.15) is 6.04 Å². The highest BCUT2D eigenvalue weighted by Gasteiger charge is 2.50. The Bertz CT molecular complexity index is 976. The molecule has 0 bridgehead atoms. The summed E-state index contributed by atoms with van der Waals surface area (Å²) >= 11 is 11.9. The number of aliphatic hydroxyl groups is 2. The summed E-state index contributed by atoms with van der Waals surface area (Å²) in [6, 6.07) is 12.2. The number of likely N-dealkylation sites (tertiary alicyclic amines) is 1. The van der Waals surface area contributed by atoms with Crippen LogP contribution < -0.4 is 5.32 Å². The number of nitrogens with zero attached hydrogens (tertiary/aromatic N) is 1. The van der Waals surface area contributed by atoms with Crippen LogP contribution in [0.15, 0.2) is 48.5 Å². The molecule has 1 aliphatic rings. The summed E-state index contributed by atoms with van der Waals surface area (Å²) in [6.45, 7) is 5.78. The summed E-state index contributed by atoms with van der Waals surface area (Å²) in [4.78, 5) is 27.5. The van der Waals surface area contributed by atoms with Gasteiger partial charge in [-0.25, -0.2) is 0 Å². The average Bonchev–Trinajstić information content (AvgIpc) is 2.74. The minimum Gasteiger partial charge on any atom is -0.391 e. The Kier molecular flexibility index (Phi) is 7.20. The normalized spacial score (nSPS) is 22.2. The van der Waals surface area contributed by atoms with Crippen molar-refractivity contribution in [1.82, 2.24) is 10.2 Å². The molecule has 3 N–H and O–H groups in total. The first kappa shape index (κ1) is 24.5. The topological polar surface area (TPSA) is 89.9 Å². The zero-order valence-electron chi connectivity index (χ0n) is 18.3. The fourth-order valence-electron chi connectivity index (χ4n) is 4.18. The number of hydrogen-bond acceptors (Lipinski definition) is 4. The fourth-order valence-corrected chi connectivity index (χ4v) is 4.43. The van der Waals surface area contributed by atoms with Crippen LogP contribution in [-0.4, -0.2) is 52.2 Å². The van der Waals surface area contributed by atoms with Crippen LogP contribution >= 0.6 is 23.2 Å². The molecule has 172 valence electrons. The van der Waals surface area contributed by atoms with E-state index in [1.807, 2.05) is 13.8 Å². The van der Waals surface area contributed by atoms with E-state index in [4.69, 9.17) is 23.2 Å². The first-order chi connectivity index (χ1) is 14.9. The molecule has 1 unspecified atom stereocenters. The van der Waals surface area contributed by atoms with Crippen LogP contribution in [0.2, 0.25) is 10.0 Å². The van der Waals surface area contributed by atoms with Gasteiger partial charge >= 0.3 is 0 Å². The number of aliphatic hydroxyl groups excluding tert-OH is 1. The van der Waals surface area contributed by atoms with Crippen molar-refractivity contribution in [3.05, 3.63) is 69.7 Å². The van der Waals surface area contributed by atoms with Crippen molar-refractivity contribution in [2.75, 3.05) is 13.1 Å². The second-order valence-electron chi connectivity index (χ2n) is 8.96. The fraction of sp³-hybridized carbons (Fsp3) is 0.417. The second-order valence-corrected chi connectivity index (χ2v) is 9.83. The molecule has 32 heavy (non-hydrogen) atoms. The molecule has 3 rings (SSSR count). The van der Waals surface area contributed by atoms with Crippen LogP contribution in [0.5, 0.6) is 0 Å². The van der Waals surface area contributed by atoms with E-state index < -0.39 is 35.0 Å². The maximum absolute atomic E-state index is 13.3. The summed E-state index contributed by atoms with van der Waals surface area (Å²) in [7, 11) is 0. The Morgan fingerprint density at radius 3 is 2.06 bits per heavy atom. The standard InChI is InChI=1S/C24H28Cl2N2O4/c1-15(29)20(27-21(30)16-4-8-18(25)9-5-16)22(31)28-13-12-24(32,23(2,3)14-28)17-6-10-19(26)11-7-17/h4-11,15,20,29,32H,12-14H2,1-3H3,(H,27,30)/t15?,20-,24+/m1/s1. The van der Waals surface area contributed by atoms with E-state index in [1.165, 1.54) is 6.92 Å². The summed E-state index contributed by atoms with van der Waals surface area (Å²) in [5.41, 5.74) is -0.759. The van der Waals surface area contributed by atoms with Crippen molar-refractivity contribution < 1.29 is 19.8 Å². The van der Waals surface area contributed by atoms with E-state index in [1.54, 1.807) is 53.4 Å². The maximum atomic E-state index is 13.3. The van der Waals surface area contributed by atoms with Crippen molar-refractivity contribution in [3.8, 4) is 0 Å². The lowest BCUT2D eigenvalue weighted by molar-refractivity contribution is -0.156. The Morgan fingerprint density at radius 1 is 1.03 bits per heavy atom. The third-order valence-electron chi connectivity index (χ3n) is 6.22. The molecule has 0 spiro atoms. The van der Waals surface area contributed by atoms with Crippen molar-refractivity contribution in [2.45, 2.75) is 44.9 Å². The molecule has 1 saturated heterocycles. The number of benzene rings is 2. The maximum Gasteiger partial charge on any atom is 0.252 e. The molecule has 2 amide bonds. The molecule has 0 saturated carbocycles. The molecule has 1 heterocycles. The van der Waals surface area contributed by atoms with Gasteiger partial charge in [-0.15, -0.1) is 0 Å². The molecule has 3 atom stereocenters. The Hall–Kier alpha value is -2.12. The number of rotatable bonds is 5. The molecular weight excluding hydrogens is 451 g/mol. The van der Waals surface area contributed by atoms with Crippen molar-refractivity contribution >= 4 is 35.0 Å². The Morgan fingerprint density at radius 2 is 1.56 bits per heavy atom. The monoisotopic (exact) mass is 478 g/mol. The van der Waals surface area contributed by atoms with Crippen LogP contribution in [-0.2, 0) is 10.4 Å². The van der Waals surface area contributed by atoms with Crippen LogP contribution in [0, 0.1) is 5.41 Å². The van der Waals surface area contributed by atoms with E-state index >= 15 is 0 Å². The van der Waals surface area contributed by atoms with E-state index in [-0.39, 0.29) is 13.1 Å². The summed E-state index contributed by atoms with van der Waals surface area (Å²) in [6.07, 6.45) is -0.788. The van der Waals surface area contributed by atoms with Gasteiger partial charge in [-0.3, -0.25) is 9.59 Å². The highest BCUT2D eigenvalue weighted by atomic mass is 35.5. The highest BCUT2D eigenvalue weighted by molar-refractivity contribution is 6.30. The van der Waals surface area contributed by atoms with Gasteiger partial charge in [-0.2, -0.15) is 0 Å². The third kappa shape index (κ3) is 4.94.